The van der Waals surface area contributed by atoms with E-state index in [0.29, 0.717) is 18.1 Å². The van der Waals surface area contributed by atoms with Crippen molar-refractivity contribution in [2.75, 3.05) is 11.5 Å². The molecular formula is C13H19N5O2S. The van der Waals surface area contributed by atoms with E-state index in [9.17, 15) is 8.42 Å². The molecular weight excluding hydrogens is 290 g/mol. The average molecular weight is 309 g/mol. The van der Waals surface area contributed by atoms with Gasteiger partial charge in [-0.1, -0.05) is 0 Å². The summed E-state index contributed by atoms with van der Waals surface area (Å²) in [4.78, 5) is 4.48. The van der Waals surface area contributed by atoms with Crippen LogP contribution in [0.5, 0.6) is 0 Å². The number of aryl methyl sites for hydroxylation is 1. The van der Waals surface area contributed by atoms with Gasteiger partial charge in [-0.2, -0.15) is 10.2 Å². The van der Waals surface area contributed by atoms with Crippen molar-refractivity contribution in [3.05, 3.63) is 18.1 Å². The molecule has 2 aromatic heterocycles. The minimum atomic E-state index is -2.96. The summed E-state index contributed by atoms with van der Waals surface area (Å²) in [5, 5.41) is 8.73. The summed E-state index contributed by atoms with van der Waals surface area (Å²) in [6.07, 6.45) is 2.32. The van der Waals surface area contributed by atoms with Gasteiger partial charge in [-0.25, -0.2) is 18.1 Å². The van der Waals surface area contributed by atoms with E-state index in [1.54, 1.807) is 10.9 Å². The molecule has 1 unspecified atom stereocenters. The number of sulfone groups is 1. The van der Waals surface area contributed by atoms with Gasteiger partial charge in [0.1, 0.15) is 11.5 Å². The van der Waals surface area contributed by atoms with Crippen LogP contribution < -0.4 is 0 Å². The quantitative estimate of drug-likeness (QED) is 0.855. The molecule has 0 radical (unpaired) electrons. The minimum Gasteiger partial charge on any atom is -0.259 e. The molecule has 0 N–H and O–H groups in total. The predicted molar refractivity (Wildman–Crippen MR) is 78.7 cm³/mol. The number of hydrogen-bond acceptors (Lipinski definition) is 5. The summed E-state index contributed by atoms with van der Waals surface area (Å²) in [5.74, 6) is 1.70. The van der Waals surface area contributed by atoms with E-state index in [4.69, 9.17) is 0 Å². The Kier molecular flexibility index (Phi) is 3.35. The molecule has 0 amide bonds. The van der Waals surface area contributed by atoms with Crippen molar-refractivity contribution in [2.45, 2.75) is 39.3 Å². The van der Waals surface area contributed by atoms with Gasteiger partial charge in [0.05, 0.1) is 17.5 Å². The molecule has 7 nitrogen and oxygen atoms in total. The van der Waals surface area contributed by atoms with E-state index in [-0.39, 0.29) is 23.6 Å². The van der Waals surface area contributed by atoms with Crippen LogP contribution >= 0.6 is 0 Å². The van der Waals surface area contributed by atoms with E-state index in [2.05, 4.69) is 15.2 Å². The largest absolute Gasteiger partial charge is 0.259 e. The molecule has 1 fully saturated rings. The molecule has 8 heteroatoms. The molecule has 1 aliphatic heterocycles. The van der Waals surface area contributed by atoms with Gasteiger partial charge in [-0.3, -0.25) is 4.68 Å². The fourth-order valence-electron chi connectivity index (χ4n) is 2.73. The fraction of sp³-hybridized carbons (Fsp3) is 0.615. The molecule has 1 aliphatic rings. The lowest BCUT2D eigenvalue weighted by Crippen LogP contribution is -2.15. The maximum atomic E-state index is 11.7. The second-order valence-electron chi connectivity index (χ2n) is 5.74. The summed E-state index contributed by atoms with van der Waals surface area (Å²) in [7, 11) is -2.96. The van der Waals surface area contributed by atoms with Crippen LogP contribution in [0.3, 0.4) is 0 Å². The first-order valence-electron chi connectivity index (χ1n) is 7.05. The van der Waals surface area contributed by atoms with Crippen LogP contribution in [-0.4, -0.2) is 44.5 Å². The zero-order valence-electron chi connectivity index (χ0n) is 12.4. The van der Waals surface area contributed by atoms with Gasteiger partial charge in [0.25, 0.3) is 0 Å². The monoisotopic (exact) mass is 309 g/mol. The smallest absolute Gasteiger partial charge is 0.177 e. The van der Waals surface area contributed by atoms with Gasteiger partial charge in [0.15, 0.2) is 15.7 Å². The normalized spacial score (nSPS) is 21.2. The number of hydrogen-bond donors (Lipinski definition) is 0. The molecule has 0 aromatic carbocycles. The highest BCUT2D eigenvalue weighted by atomic mass is 32.2. The van der Waals surface area contributed by atoms with Crippen LogP contribution in [-0.2, 0) is 9.84 Å². The van der Waals surface area contributed by atoms with E-state index in [0.717, 1.165) is 5.69 Å². The van der Waals surface area contributed by atoms with Crippen molar-refractivity contribution in [3.63, 3.8) is 0 Å². The van der Waals surface area contributed by atoms with Gasteiger partial charge in [-0.15, -0.1) is 0 Å². The van der Waals surface area contributed by atoms with Gasteiger partial charge in [-0.05, 0) is 33.3 Å². The Labute approximate surface area is 123 Å². The minimum absolute atomic E-state index is 0.137. The summed E-state index contributed by atoms with van der Waals surface area (Å²) in [6.45, 7) is 5.91. The SMILES string of the molecule is Cc1nc(-c2ccnn2C(C)C)n(C2CCS(=O)(=O)C2)n1. The Bertz CT molecular complexity index is 759. The molecule has 3 heterocycles. The Morgan fingerprint density at radius 1 is 1.38 bits per heavy atom. The van der Waals surface area contributed by atoms with Crippen molar-refractivity contribution in [3.8, 4) is 11.5 Å². The van der Waals surface area contributed by atoms with E-state index in [1.165, 1.54) is 0 Å². The molecule has 0 aliphatic carbocycles. The fourth-order valence-corrected chi connectivity index (χ4v) is 4.42. The third-order valence-electron chi connectivity index (χ3n) is 3.68. The molecule has 3 rings (SSSR count). The van der Waals surface area contributed by atoms with Gasteiger partial charge < -0.3 is 0 Å². The first-order valence-corrected chi connectivity index (χ1v) is 8.87. The van der Waals surface area contributed by atoms with Crippen LogP contribution in [0.25, 0.3) is 11.5 Å². The number of rotatable bonds is 3. The summed E-state index contributed by atoms with van der Waals surface area (Å²) >= 11 is 0. The second kappa shape index (κ2) is 4.94. The molecule has 21 heavy (non-hydrogen) atoms. The Hall–Kier alpha value is -1.70. The zero-order chi connectivity index (χ0) is 15.2. The van der Waals surface area contributed by atoms with Gasteiger partial charge in [0, 0.05) is 12.2 Å². The van der Waals surface area contributed by atoms with Gasteiger partial charge in [0.2, 0.25) is 0 Å². The van der Waals surface area contributed by atoms with Crippen molar-refractivity contribution >= 4 is 9.84 Å². The van der Waals surface area contributed by atoms with Crippen LogP contribution in [0.4, 0.5) is 0 Å². The lowest BCUT2D eigenvalue weighted by Gasteiger charge is -2.14. The van der Waals surface area contributed by atoms with Crippen LogP contribution in [0.2, 0.25) is 0 Å². The lowest BCUT2D eigenvalue weighted by molar-refractivity contribution is 0.491. The molecule has 1 saturated heterocycles. The average Bonchev–Trinajstić information content (AvgIpc) is 3.06. The van der Waals surface area contributed by atoms with Gasteiger partial charge >= 0.3 is 0 Å². The number of aromatic nitrogens is 5. The first kappa shape index (κ1) is 14.2. The molecule has 0 saturated carbocycles. The molecule has 2 aromatic rings. The van der Waals surface area contributed by atoms with Crippen LogP contribution in [0, 0.1) is 6.92 Å². The van der Waals surface area contributed by atoms with Crippen LogP contribution in [0.1, 0.15) is 38.2 Å². The lowest BCUT2D eigenvalue weighted by atomic mass is 10.2. The van der Waals surface area contributed by atoms with Crippen molar-refractivity contribution < 1.29 is 8.42 Å². The molecule has 1 atom stereocenters. The third kappa shape index (κ3) is 2.59. The second-order valence-corrected chi connectivity index (χ2v) is 7.97. The summed E-state index contributed by atoms with van der Waals surface area (Å²) in [6, 6.07) is 1.96. The maximum absolute atomic E-state index is 11.7. The predicted octanol–water partition coefficient (Wildman–Crippen LogP) is 1.39. The van der Waals surface area contributed by atoms with E-state index in [1.807, 2.05) is 31.5 Å². The highest BCUT2D eigenvalue weighted by Gasteiger charge is 2.32. The highest BCUT2D eigenvalue weighted by Crippen LogP contribution is 2.29. The van der Waals surface area contributed by atoms with Crippen LogP contribution in [0.15, 0.2) is 12.3 Å². The highest BCUT2D eigenvalue weighted by molar-refractivity contribution is 7.91. The maximum Gasteiger partial charge on any atom is 0.177 e. The molecule has 0 bridgehead atoms. The Morgan fingerprint density at radius 3 is 2.76 bits per heavy atom. The Balaban J connectivity index is 2.06. The van der Waals surface area contributed by atoms with E-state index >= 15 is 0 Å². The summed E-state index contributed by atoms with van der Waals surface area (Å²) in [5.41, 5.74) is 0.870. The van der Waals surface area contributed by atoms with Crippen molar-refractivity contribution in [2.24, 2.45) is 0 Å². The first-order chi connectivity index (χ1) is 9.87. The number of nitrogens with zero attached hydrogens (tertiary/aromatic N) is 5. The Morgan fingerprint density at radius 2 is 2.14 bits per heavy atom. The topological polar surface area (TPSA) is 82.7 Å². The third-order valence-corrected chi connectivity index (χ3v) is 5.43. The summed E-state index contributed by atoms with van der Waals surface area (Å²) < 4.78 is 27.1. The van der Waals surface area contributed by atoms with Crippen molar-refractivity contribution in [1.82, 2.24) is 24.5 Å². The van der Waals surface area contributed by atoms with E-state index < -0.39 is 9.84 Å². The standard InChI is InChI=1S/C13H19N5O2S/c1-9(2)17-12(4-6-14-17)13-15-10(3)16-18(13)11-5-7-21(19,20)8-11/h4,6,9,11H,5,7-8H2,1-3H3. The molecule has 114 valence electrons. The van der Waals surface area contributed by atoms with Crippen molar-refractivity contribution in [1.29, 1.82) is 0 Å². The molecule has 0 spiro atoms. The zero-order valence-corrected chi connectivity index (χ0v) is 13.2.